The van der Waals surface area contributed by atoms with E-state index in [2.05, 4.69) is 5.16 Å². The van der Waals surface area contributed by atoms with E-state index in [0.717, 1.165) is 19.0 Å². The van der Waals surface area contributed by atoms with Gasteiger partial charge in [-0.05, 0) is 38.5 Å². The number of carbonyl (C=O) groups is 1. The number of rotatable bonds is 1. The molecule has 1 aliphatic heterocycles. The van der Waals surface area contributed by atoms with Crippen LogP contribution in [0.2, 0.25) is 0 Å². The first kappa shape index (κ1) is 12.7. The van der Waals surface area contributed by atoms with Gasteiger partial charge in [-0.25, -0.2) is 0 Å². The van der Waals surface area contributed by atoms with Crippen LogP contribution in [-0.4, -0.2) is 29.1 Å². The van der Waals surface area contributed by atoms with Crippen LogP contribution >= 0.6 is 0 Å². The molecule has 2 heterocycles. The molecule has 4 nitrogen and oxygen atoms in total. The Hall–Kier alpha value is -1.32. The Labute approximate surface area is 114 Å². The van der Waals surface area contributed by atoms with Gasteiger partial charge >= 0.3 is 0 Å². The Morgan fingerprint density at radius 3 is 2.63 bits per heavy atom. The Morgan fingerprint density at radius 1 is 1.21 bits per heavy atom. The lowest BCUT2D eigenvalue weighted by Crippen LogP contribution is -2.45. The average molecular weight is 262 g/mol. The van der Waals surface area contributed by atoms with E-state index >= 15 is 0 Å². The molecule has 1 aromatic heterocycles. The summed E-state index contributed by atoms with van der Waals surface area (Å²) in [5, 5.41) is 3.89. The van der Waals surface area contributed by atoms with Gasteiger partial charge in [0.05, 0.1) is 5.69 Å². The van der Waals surface area contributed by atoms with Crippen LogP contribution in [0.4, 0.5) is 0 Å². The smallest absolute Gasteiger partial charge is 0.259 e. The van der Waals surface area contributed by atoms with Gasteiger partial charge in [0, 0.05) is 13.1 Å². The molecule has 0 radical (unpaired) electrons. The molecule has 2 atom stereocenters. The van der Waals surface area contributed by atoms with Crippen molar-refractivity contribution in [1.29, 1.82) is 0 Å². The van der Waals surface area contributed by atoms with Gasteiger partial charge in [0.15, 0.2) is 0 Å². The second-order valence-electron chi connectivity index (χ2n) is 6.04. The minimum absolute atomic E-state index is 0.111. The Balaban J connectivity index is 1.74. The SMILES string of the molecule is Cc1noc(C)c1C(=O)N1CC[C@@H]2CCCC[C@H]2C1. The normalized spacial score (nSPS) is 27.2. The van der Waals surface area contributed by atoms with Crippen LogP contribution in [0.1, 0.15) is 53.9 Å². The van der Waals surface area contributed by atoms with Crippen LogP contribution < -0.4 is 0 Å². The highest BCUT2D eigenvalue weighted by atomic mass is 16.5. The molecule has 19 heavy (non-hydrogen) atoms. The monoisotopic (exact) mass is 262 g/mol. The van der Waals surface area contributed by atoms with E-state index in [-0.39, 0.29) is 5.91 Å². The van der Waals surface area contributed by atoms with E-state index in [1.165, 1.54) is 32.1 Å². The number of likely N-dealkylation sites (tertiary alicyclic amines) is 1. The molecule has 2 aliphatic rings. The van der Waals surface area contributed by atoms with Crippen LogP contribution in [0.3, 0.4) is 0 Å². The van der Waals surface area contributed by atoms with Crippen LogP contribution in [0.25, 0.3) is 0 Å². The van der Waals surface area contributed by atoms with Crippen LogP contribution in [0.5, 0.6) is 0 Å². The number of nitrogens with zero attached hydrogens (tertiary/aromatic N) is 2. The van der Waals surface area contributed by atoms with Gasteiger partial charge in [-0.1, -0.05) is 24.4 Å². The quantitative estimate of drug-likeness (QED) is 0.781. The maximum atomic E-state index is 12.6. The van der Waals surface area contributed by atoms with Crippen molar-refractivity contribution in [2.75, 3.05) is 13.1 Å². The molecule has 2 fully saturated rings. The zero-order valence-corrected chi connectivity index (χ0v) is 11.8. The van der Waals surface area contributed by atoms with Gasteiger partial charge in [-0.2, -0.15) is 0 Å². The standard InChI is InChI=1S/C15H22N2O2/c1-10-14(11(2)19-16-10)15(18)17-8-7-12-5-3-4-6-13(12)9-17/h12-13H,3-9H2,1-2H3/t12-,13-/m0/s1. The van der Waals surface area contributed by atoms with Crippen molar-refractivity contribution in [3.05, 3.63) is 17.0 Å². The summed E-state index contributed by atoms with van der Waals surface area (Å²) in [5.41, 5.74) is 1.39. The second kappa shape index (κ2) is 4.99. The first-order valence-corrected chi connectivity index (χ1v) is 7.39. The fourth-order valence-electron chi connectivity index (χ4n) is 3.73. The van der Waals surface area contributed by atoms with Gasteiger partial charge < -0.3 is 9.42 Å². The summed E-state index contributed by atoms with van der Waals surface area (Å²) in [4.78, 5) is 14.6. The molecule has 1 aliphatic carbocycles. The van der Waals surface area contributed by atoms with Crippen molar-refractivity contribution in [3.8, 4) is 0 Å². The summed E-state index contributed by atoms with van der Waals surface area (Å²) in [7, 11) is 0. The predicted molar refractivity (Wildman–Crippen MR) is 71.9 cm³/mol. The summed E-state index contributed by atoms with van der Waals surface area (Å²) in [5.74, 6) is 2.32. The molecule has 1 amide bonds. The molecule has 4 heteroatoms. The fraction of sp³-hybridized carbons (Fsp3) is 0.733. The summed E-state index contributed by atoms with van der Waals surface area (Å²) >= 11 is 0. The number of amides is 1. The predicted octanol–water partition coefficient (Wildman–Crippen LogP) is 2.94. The zero-order chi connectivity index (χ0) is 13.4. The average Bonchev–Trinajstić information content (AvgIpc) is 2.77. The van der Waals surface area contributed by atoms with E-state index < -0.39 is 0 Å². The number of fused-ring (bicyclic) bond motifs is 1. The molecule has 0 N–H and O–H groups in total. The highest BCUT2D eigenvalue weighted by molar-refractivity contribution is 5.96. The second-order valence-corrected chi connectivity index (χ2v) is 6.04. The van der Waals surface area contributed by atoms with Crippen LogP contribution in [0, 0.1) is 25.7 Å². The molecule has 1 saturated heterocycles. The molecule has 0 unspecified atom stereocenters. The lowest BCUT2D eigenvalue weighted by atomic mass is 9.75. The summed E-state index contributed by atoms with van der Waals surface area (Å²) < 4.78 is 5.12. The molecule has 3 rings (SSSR count). The first-order valence-electron chi connectivity index (χ1n) is 7.39. The van der Waals surface area contributed by atoms with Crippen molar-refractivity contribution >= 4 is 5.91 Å². The van der Waals surface area contributed by atoms with Crippen molar-refractivity contribution in [2.45, 2.75) is 46.0 Å². The van der Waals surface area contributed by atoms with Gasteiger partial charge in [-0.15, -0.1) is 0 Å². The molecule has 0 spiro atoms. The highest BCUT2D eigenvalue weighted by Crippen LogP contribution is 2.36. The maximum Gasteiger partial charge on any atom is 0.259 e. The third-order valence-electron chi connectivity index (χ3n) is 4.83. The Kier molecular flexibility index (Phi) is 3.33. The first-order chi connectivity index (χ1) is 9.16. The van der Waals surface area contributed by atoms with E-state index in [1.54, 1.807) is 0 Å². The van der Waals surface area contributed by atoms with E-state index in [9.17, 15) is 4.79 Å². The van der Waals surface area contributed by atoms with Crippen molar-refractivity contribution < 1.29 is 9.32 Å². The molecular formula is C15H22N2O2. The number of aromatic nitrogens is 1. The van der Waals surface area contributed by atoms with Gasteiger partial charge in [0.25, 0.3) is 5.91 Å². The number of aryl methyl sites for hydroxylation is 2. The van der Waals surface area contributed by atoms with Crippen molar-refractivity contribution in [2.24, 2.45) is 11.8 Å². The van der Waals surface area contributed by atoms with Crippen LogP contribution in [-0.2, 0) is 0 Å². The topological polar surface area (TPSA) is 46.3 Å². The number of carbonyl (C=O) groups excluding carboxylic acids is 1. The third-order valence-corrected chi connectivity index (χ3v) is 4.83. The lowest BCUT2D eigenvalue weighted by Gasteiger charge is -2.41. The Bertz CT molecular complexity index is 461. The molecule has 1 saturated carbocycles. The van der Waals surface area contributed by atoms with Gasteiger partial charge in [0.2, 0.25) is 0 Å². The zero-order valence-electron chi connectivity index (χ0n) is 11.8. The van der Waals surface area contributed by atoms with Crippen LogP contribution in [0.15, 0.2) is 4.52 Å². The molecular weight excluding hydrogens is 240 g/mol. The highest BCUT2D eigenvalue weighted by Gasteiger charge is 2.34. The van der Waals surface area contributed by atoms with Gasteiger partial charge in [-0.3, -0.25) is 4.79 Å². The summed E-state index contributed by atoms with van der Waals surface area (Å²) in [6.45, 7) is 5.48. The Morgan fingerprint density at radius 2 is 1.95 bits per heavy atom. The lowest BCUT2D eigenvalue weighted by molar-refractivity contribution is 0.0519. The fourth-order valence-corrected chi connectivity index (χ4v) is 3.73. The minimum atomic E-state index is 0.111. The molecule has 0 bridgehead atoms. The summed E-state index contributed by atoms with van der Waals surface area (Å²) in [6, 6.07) is 0. The minimum Gasteiger partial charge on any atom is -0.361 e. The van der Waals surface area contributed by atoms with Crippen molar-refractivity contribution in [1.82, 2.24) is 10.1 Å². The van der Waals surface area contributed by atoms with E-state index in [1.807, 2.05) is 18.7 Å². The van der Waals surface area contributed by atoms with E-state index in [0.29, 0.717) is 22.9 Å². The molecule has 104 valence electrons. The van der Waals surface area contributed by atoms with Crippen molar-refractivity contribution in [3.63, 3.8) is 0 Å². The molecule has 0 aromatic carbocycles. The third kappa shape index (κ3) is 2.28. The van der Waals surface area contributed by atoms with Gasteiger partial charge in [0.1, 0.15) is 11.3 Å². The number of piperidine rings is 1. The molecule has 1 aromatic rings. The summed E-state index contributed by atoms with van der Waals surface area (Å²) in [6.07, 6.45) is 6.52. The van der Waals surface area contributed by atoms with E-state index in [4.69, 9.17) is 4.52 Å². The number of hydrogen-bond donors (Lipinski definition) is 0. The maximum absolute atomic E-state index is 12.6. The largest absolute Gasteiger partial charge is 0.361 e. The number of hydrogen-bond acceptors (Lipinski definition) is 3.